The summed E-state index contributed by atoms with van der Waals surface area (Å²) in [5.41, 5.74) is 1.71. The minimum absolute atomic E-state index is 0.158. The number of amides is 2. The van der Waals surface area contributed by atoms with E-state index in [0.29, 0.717) is 34.3 Å². The van der Waals surface area contributed by atoms with Gasteiger partial charge in [0.1, 0.15) is 18.0 Å². The van der Waals surface area contributed by atoms with Crippen molar-refractivity contribution >= 4 is 34.9 Å². The number of carbonyl (C=O) groups excluding carboxylic acids is 3. The number of anilines is 1. The van der Waals surface area contributed by atoms with Crippen LogP contribution in [0.2, 0.25) is 5.02 Å². The summed E-state index contributed by atoms with van der Waals surface area (Å²) >= 11 is 5.95. The lowest BCUT2D eigenvalue weighted by atomic mass is 10.1. The molecule has 0 aromatic heterocycles. The first-order chi connectivity index (χ1) is 16.4. The summed E-state index contributed by atoms with van der Waals surface area (Å²) in [6.07, 6.45) is 0. The van der Waals surface area contributed by atoms with E-state index in [1.807, 2.05) is 30.3 Å². The van der Waals surface area contributed by atoms with Crippen molar-refractivity contribution in [3.05, 3.63) is 88.9 Å². The number of fused-ring (bicyclic) bond motifs is 1. The van der Waals surface area contributed by atoms with E-state index in [2.05, 4.69) is 0 Å². The summed E-state index contributed by atoms with van der Waals surface area (Å²) in [4.78, 5) is 41.1. The van der Waals surface area contributed by atoms with Gasteiger partial charge in [0.2, 0.25) is 5.91 Å². The summed E-state index contributed by atoms with van der Waals surface area (Å²) in [5, 5.41) is 0.506. The first-order valence-corrected chi connectivity index (χ1v) is 11.0. The van der Waals surface area contributed by atoms with Crippen molar-refractivity contribution in [3.8, 4) is 11.5 Å². The molecular formula is C26H23ClN2O5. The van der Waals surface area contributed by atoms with Crippen molar-refractivity contribution in [1.29, 1.82) is 0 Å². The van der Waals surface area contributed by atoms with Gasteiger partial charge < -0.3 is 14.4 Å². The van der Waals surface area contributed by atoms with Gasteiger partial charge in [-0.15, -0.1) is 0 Å². The lowest BCUT2D eigenvalue weighted by Gasteiger charge is -2.30. The maximum Gasteiger partial charge on any atom is 0.265 e. The van der Waals surface area contributed by atoms with Gasteiger partial charge in [-0.25, -0.2) is 0 Å². The number of hydrogen-bond acceptors (Lipinski definition) is 5. The van der Waals surface area contributed by atoms with Crippen LogP contribution in [0.5, 0.6) is 11.5 Å². The van der Waals surface area contributed by atoms with Gasteiger partial charge in [-0.2, -0.15) is 0 Å². The third-order valence-corrected chi connectivity index (χ3v) is 5.61. The van der Waals surface area contributed by atoms with Gasteiger partial charge in [0.25, 0.3) is 5.91 Å². The highest BCUT2D eigenvalue weighted by Gasteiger charge is 2.29. The molecule has 0 saturated carbocycles. The molecule has 34 heavy (non-hydrogen) atoms. The zero-order valence-electron chi connectivity index (χ0n) is 18.6. The predicted octanol–water partition coefficient (Wildman–Crippen LogP) is 3.99. The van der Waals surface area contributed by atoms with E-state index in [1.165, 1.54) is 4.90 Å². The Kier molecular flexibility index (Phi) is 7.13. The average molecular weight is 479 g/mol. The molecule has 3 aromatic rings. The van der Waals surface area contributed by atoms with Gasteiger partial charge in [0, 0.05) is 24.2 Å². The number of ketones is 1. The Hall–Kier alpha value is -3.84. The standard InChI is InChI=1S/C26H23ClN2O5/c1-28(14-18-6-3-2-4-7-18)25(31)15-29-22-12-19(10-11-24(22)34-17-26(29)32)23(30)16-33-21-9-5-8-20(27)13-21/h2-13H,14-17H2,1H3. The summed E-state index contributed by atoms with van der Waals surface area (Å²) < 4.78 is 11.0. The van der Waals surface area contributed by atoms with E-state index < -0.39 is 0 Å². The van der Waals surface area contributed by atoms with Crippen molar-refractivity contribution < 1.29 is 23.9 Å². The number of carbonyl (C=O) groups is 3. The van der Waals surface area contributed by atoms with Crippen LogP contribution < -0.4 is 14.4 Å². The fourth-order valence-corrected chi connectivity index (χ4v) is 3.72. The molecule has 174 valence electrons. The second-order valence-electron chi connectivity index (χ2n) is 7.86. The molecule has 0 atom stereocenters. The maximum atomic E-state index is 12.9. The Labute approximate surface area is 202 Å². The Morgan fingerprint density at radius 1 is 1.06 bits per heavy atom. The van der Waals surface area contributed by atoms with E-state index in [4.69, 9.17) is 21.1 Å². The van der Waals surface area contributed by atoms with Gasteiger partial charge in [-0.1, -0.05) is 48.0 Å². The first-order valence-electron chi connectivity index (χ1n) is 10.7. The predicted molar refractivity (Wildman–Crippen MR) is 128 cm³/mol. The summed E-state index contributed by atoms with van der Waals surface area (Å²) in [6.45, 7) is -0.111. The zero-order chi connectivity index (χ0) is 24.1. The van der Waals surface area contributed by atoms with Crippen LogP contribution in [-0.2, 0) is 16.1 Å². The van der Waals surface area contributed by atoms with Gasteiger partial charge in [0.15, 0.2) is 19.0 Å². The Balaban J connectivity index is 1.47. The van der Waals surface area contributed by atoms with Crippen LogP contribution in [0.3, 0.4) is 0 Å². The average Bonchev–Trinajstić information content (AvgIpc) is 2.84. The molecule has 0 N–H and O–H groups in total. The SMILES string of the molecule is CN(Cc1ccccc1)C(=O)CN1C(=O)COc2ccc(C(=O)COc3cccc(Cl)c3)cc21. The van der Waals surface area contributed by atoms with Crippen LogP contribution in [0.1, 0.15) is 15.9 Å². The van der Waals surface area contributed by atoms with Crippen LogP contribution in [0, 0.1) is 0 Å². The first kappa shape index (κ1) is 23.3. The third-order valence-electron chi connectivity index (χ3n) is 5.37. The van der Waals surface area contributed by atoms with Crippen LogP contribution in [0.15, 0.2) is 72.8 Å². The molecule has 4 rings (SSSR count). The molecule has 2 amide bonds. The fraction of sp³-hybridized carbons (Fsp3) is 0.192. The molecule has 7 nitrogen and oxygen atoms in total. The normalized spacial score (nSPS) is 12.5. The summed E-state index contributed by atoms with van der Waals surface area (Å²) in [7, 11) is 1.69. The highest BCUT2D eigenvalue weighted by molar-refractivity contribution is 6.30. The molecule has 1 aliphatic heterocycles. The molecule has 0 radical (unpaired) electrons. The number of benzene rings is 3. The van der Waals surface area contributed by atoms with Crippen LogP contribution in [0.25, 0.3) is 0 Å². The van der Waals surface area contributed by atoms with E-state index in [1.54, 1.807) is 54.4 Å². The number of nitrogens with zero attached hydrogens (tertiary/aromatic N) is 2. The Bertz CT molecular complexity index is 1210. The molecule has 0 aliphatic carbocycles. The third kappa shape index (κ3) is 5.55. The van der Waals surface area contributed by atoms with Crippen molar-refractivity contribution in [3.63, 3.8) is 0 Å². The quantitative estimate of drug-likeness (QED) is 0.458. The molecule has 3 aromatic carbocycles. The molecule has 1 heterocycles. The second kappa shape index (κ2) is 10.4. The monoisotopic (exact) mass is 478 g/mol. The van der Waals surface area contributed by atoms with Gasteiger partial charge in [0.05, 0.1) is 5.69 Å². The van der Waals surface area contributed by atoms with Crippen LogP contribution in [0.4, 0.5) is 5.69 Å². The number of hydrogen-bond donors (Lipinski definition) is 0. The second-order valence-corrected chi connectivity index (χ2v) is 8.29. The van der Waals surface area contributed by atoms with E-state index in [0.717, 1.165) is 5.56 Å². The maximum absolute atomic E-state index is 12.9. The van der Waals surface area contributed by atoms with Crippen LogP contribution >= 0.6 is 11.6 Å². The van der Waals surface area contributed by atoms with Gasteiger partial charge in [-0.05, 0) is 42.0 Å². The molecule has 0 fully saturated rings. The topological polar surface area (TPSA) is 76.2 Å². The Morgan fingerprint density at radius 2 is 1.85 bits per heavy atom. The number of ether oxygens (including phenoxy) is 2. The van der Waals surface area contributed by atoms with E-state index >= 15 is 0 Å². The minimum atomic E-state index is -0.353. The van der Waals surface area contributed by atoms with Crippen LogP contribution in [-0.4, -0.2) is 49.3 Å². The molecular weight excluding hydrogens is 456 g/mol. The largest absolute Gasteiger partial charge is 0.485 e. The smallest absolute Gasteiger partial charge is 0.265 e. The van der Waals surface area contributed by atoms with Gasteiger partial charge in [-0.3, -0.25) is 19.3 Å². The van der Waals surface area contributed by atoms with E-state index in [9.17, 15) is 14.4 Å². The molecule has 0 spiro atoms. The lowest BCUT2D eigenvalue weighted by molar-refractivity contribution is -0.131. The number of halogens is 1. The molecule has 1 aliphatic rings. The summed E-state index contributed by atoms with van der Waals surface area (Å²) in [6, 6.07) is 21.1. The highest BCUT2D eigenvalue weighted by Crippen LogP contribution is 2.33. The van der Waals surface area contributed by atoms with Crippen molar-refractivity contribution in [2.45, 2.75) is 6.54 Å². The summed E-state index contributed by atoms with van der Waals surface area (Å²) in [5.74, 6) is 0.0458. The minimum Gasteiger partial charge on any atom is -0.485 e. The van der Waals surface area contributed by atoms with Crippen molar-refractivity contribution in [2.24, 2.45) is 0 Å². The fourth-order valence-electron chi connectivity index (χ4n) is 3.54. The molecule has 0 bridgehead atoms. The molecule has 0 saturated heterocycles. The number of rotatable bonds is 8. The zero-order valence-corrected chi connectivity index (χ0v) is 19.3. The van der Waals surface area contributed by atoms with Crippen molar-refractivity contribution in [2.75, 3.05) is 31.7 Å². The van der Waals surface area contributed by atoms with Gasteiger partial charge >= 0.3 is 0 Å². The highest BCUT2D eigenvalue weighted by atomic mass is 35.5. The molecule has 0 unspecified atom stereocenters. The molecule has 8 heteroatoms. The Morgan fingerprint density at radius 3 is 2.62 bits per heavy atom. The van der Waals surface area contributed by atoms with Crippen molar-refractivity contribution in [1.82, 2.24) is 4.90 Å². The lowest BCUT2D eigenvalue weighted by Crippen LogP contribution is -2.45. The number of likely N-dealkylation sites (N-methyl/N-ethyl adjacent to an activating group) is 1. The van der Waals surface area contributed by atoms with E-state index in [-0.39, 0.29) is 37.4 Å². The number of Topliss-reactive ketones (excluding diaryl/α,β-unsaturated/α-hetero) is 1.